The summed E-state index contributed by atoms with van der Waals surface area (Å²) in [4.78, 5) is 13.9. The first-order chi connectivity index (χ1) is 9.65. The molecular formula is C15H20BrFN2O. The van der Waals surface area contributed by atoms with E-state index in [1.54, 1.807) is 0 Å². The first-order valence-electron chi connectivity index (χ1n) is 7.08. The molecule has 0 radical (unpaired) electrons. The Kier molecular flexibility index (Phi) is 5.98. The van der Waals surface area contributed by atoms with Gasteiger partial charge in [-0.15, -0.1) is 0 Å². The third kappa shape index (κ3) is 4.87. The summed E-state index contributed by atoms with van der Waals surface area (Å²) >= 11 is 3.27. The zero-order valence-electron chi connectivity index (χ0n) is 11.5. The molecule has 0 aliphatic carbocycles. The maximum atomic E-state index is 13.2. The Morgan fingerprint density at radius 1 is 1.25 bits per heavy atom. The van der Waals surface area contributed by atoms with Crippen molar-refractivity contribution in [3.8, 4) is 0 Å². The number of carbonyl (C=O) groups is 1. The number of amides is 1. The largest absolute Gasteiger partial charge is 0.343 e. The predicted octanol–water partition coefficient (Wildman–Crippen LogP) is 3.08. The third-order valence-corrected chi connectivity index (χ3v) is 3.93. The Hall–Kier alpha value is -0.940. The highest BCUT2D eigenvalue weighted by atomic mass is 79.9. The Labute approximate surface area is 127 Å². The molecule has 3 nitrogen and oxygen atoms in total. The number of rotatable bonds is 5. The Morgan fingerprint density at radius 2 is 2.00 bits per heavy atom. The molecule has 1 N–H and O–H groups in total. The highest BCUT2D eigenvalue weighted by Gasteiger charge is 2.15. The third-order valence-electron chi connectivity index (χ3n) is 3.48. The molecule has 1 aromatic rings. The molecule has 1 heterocycles. The van der Waals surface area contributed by atoms with Crippen molar-refractivity contribution in [2.45, 2.75) is 32.2 Å². The zero-order valence-corrected chi connectivity index (χ0v) is 13.1. The van der Waals surface area contributed by atoms with Gasteiger partial charge in [-0.05, 0) is 43.0 Å². The number of nitrogens with one attached hydrogen (secondary N) is 1. The lowest BCUT2D eigenvalue weighted by Crippen LogP contribution is -2.37. The molecule has 1 aromatic carbocycles. The van der Waals surface area contributed by atoms with Gasteiger partial charge in [0.15, 0.2) is 0 Å². The molecule has 0 bridgehead atoms. The summed E-state index contributed by atoms with van der Waals surface area (Å²) in [6, 6.07) is 4.82. The summed E-state index contributed by atoms with van der Waals surface area (Å²) in [5, 5.41) is 3.19. The highest BCUT2D eigenvalue weighted by molar-refractivity contribution is 9.10. The van der Waals surface area contributed by atoms with Crippen molar-refractivity contribution in [2.24, 2.45) is 0 Å². The van der Waals surface area contributed by atoms with Gasteiger partial charge in [0, 0.05) is 37.1 Å². The molecule has 1 aliphatic heterocycles. The van der Waals surface area contributed by atoms with Crippen LogP contribution in [0.3, 0.4) is 0 Å². The topological polar surface area (TPSA) is 32.3 Å². The molecule has 1 fully saturated rings. The van der Waals surface area contributed by atoms with E-state index in [1.807, 2.05) is 11.0 Å². The Morgan fingerprint density at radius 3 is 2.70 bits per heavy atom. The maximum absolute atomic E-state index is 13.2. The summed E-state index contributed by atoms with van der Waals surface area (Å²) in [6.07, 6.45) is 3.99. The van der Waals surface area contributed by atoms with Crippen LogP contribution in [0.25, 0.3) is 0 Å². The molecule has 5 heteroatoms. The van der Waals surface area contributed by atoms with E-state index in [0.717, 1.165) is 36.0 Å². The van der Waals surface area contributed by atoms with Crippen molar-refractivity contribution in [3.05, 3.63) is 34.1 Å². The quantitative estimate of drug-likeness (QED) is 0.834. The molecule has 0 atom stereocenters. The van der Waals surface area contributed by atoms with E-state index in [9.17, 15) is 9.18 Å². The summed E-state index contributed by atoms with van der Waals surface area (Å²) in [7, 11) is 0. The van der Waals surface area contributed by atoms with Crippen LogP contribution in [0.2, 0.25) is 0 Å². The van der Waals surface area contributed by atoms with Gasteiger partial charge in [0.05, 0.1) is 0 Å². The second-order valence-electron chi connectivity index (χ2n) is 5.15. The van der Waals surface area contributed by atoms with Crippen LogP contribution in [0.5, 0.6) is 0 Å². The number of piperidine rings is 1. The van der Waals surface area contributed by atoms with Crippen molar-refractivity contribution < 1.29 is 9.18 Å². The van der Waals surface area contributed by atoms with Crippen LogP contribution in [0.1, 0.15) is 31.2 Å². The minimum Gasteiger partial charge on any atom is -0.343 e. The van der Waals surface area contributed by atoms with E-state index >= 15 is 0 Å². The molecule has 0 aromatic heterocycles. The maximum Gasteiger partial charge on any atom is 0.223 e. The van der Waals surface area contributed by atoms with Gasteiger partial charge in [-0.1, -0.05) is 15.9 Å². The van der Waals surface area contributed by atoms with E-state index in [-0.39, 0.29) is 11.7 Å². The SMILES string of the molecule is O=C(CCNCc1cc(F)cc(Br)c1)N1CCCCC1. The van der Waals surface area contributed by atoms with E-state index in [2.05, 4.69) is 21.2 Å². The van der Waals surface area contributed by atoms with Crippen molar-refractivity contribution in [3.63, 3.8) is 0 Å². The number of hydrogen-bond donors (Lipinski definition) is 1. The van der Waals surface area contributed by atoms with Gasteiger partial charge in [0.2, 0.25) is 5.91 Å². The van der Waals surface area contributed by atoms with Gasteiger partial charge in [0.25, 0.3) is 0 Å². The lowest BCUT2D eigenvalue weighted by atomic mass is 10.1. The fraction of sp³-hybridized carbons (Fsp3) is 0.533. The number of benzene rings is 1. The minimum absolute atomic E-state index is 0.220. The van der Waals surface area contributed by atoms with Crippen LogP contribution in [0.4, 0.5) is 4.39 Å². The number of hydrogen-bond acceptors (Lipinski definition) is 2. The van der Waals surface area contributed by atoms with Crippen molar-refractivity contribution in [1.29, 1.82) is 0 Å². The highest BCUT2D eigenvalue weighted by Crippen LogP contribution is 2.14. The number of likely N-dealkylation sites (tertiary alicyclic amines) is 1. The average Bonchev–Trinajstić information content (AvgIpc) is 2.43. The van der Waals surface area contributed by atoms with E-state index in [1.165, 1.54) is 18.6 Å². The number of nitrogens with zero attached hydrogens (tertiary/aromatic N) is 1. The first-order valence-corrected chi connectivity index (χ1v) is 7.88. The molecule has 1 saturated heterocycles. The van der Waals surface area contributed by atoms with Crippen molar-refractivity contribution in [1.82, 2.24) is 10.2 Å². The van der Waals surface area contributed by atoms with Crippen molar-refractivity contribution in [2.75, 3.05) is 19.6 Å². The standard InChI is InChI=1S/C15H20BrFN2O/c16-13-8-12(9-14(17)10-13)11-18-5-4-15(20)19-6-2-1-3-7-19/h8-10,18H,1-7,11H2. The molecule has 2 rings (SSSR count). The molecule has 0 unspecified atom stereocenters. The van der Waals surface area contributed by atoms with Crippen LogP contribution < -0.4 is 5.32 Å². The van der Waals surface area contributed by atoms with Gasteiger partial charge >= 0.3 is 0 Å². The predicted molar refractivity (Wildman–Crippen MR) is 80.9 cm³/mol. The smallest absolute Gasteiger partial charge is 0.223 e. The van der Waals surface area contributed by atoms with Gasteiger partial charge < -0.3 is 10.2 Å². The summed E-state index contributed by atoms with van der Waals surface area (Å²) in [5.41, 5.74) is 0.877. The molecule has 1 amide bonds. The van der Waals surface area contributed by atoms with Crippen LogP contribution in [-0.4, -0.2) is 30.4 Å². The fourth-order valence-electron chi connectivity index (χ4n) is 2.44. The molecular weight excluding hydrogens is 323 g/mol. The lowest BCUT2D eigenvalue weighted by Gasteiger charge is -2.26. The van der Waals surface area contributed by atoms with Gasteiger partial charge in [-0.25, -0.2) is 4.39 Å². The summed E-state index contributed by atoms with van der Waals surface area (Å²) in [6.45, 7) is 3.00. The minimum atomic E-state index is -0.249. The molecule has 20 heavy (non-hydrogen) atoms. The van der Waals surface area contributed by atoms with E-state index in [4.69, 9.17) is 0 Å². The lowest BCUT2D eigenvalue weighted by molar-refractivity contribution is -0.131. The monoisotopic (exact) mass is 342 g/mol. The summed E-state index contributed by atoms with van der Waals surface area (Å²) in [5.74, 6) is -0.0295. The second-order valence-corrected chi connectivity index (χ2v) is 6.06. The number of halogens is 2. The number of carbonyl (C=O) groups excluding carboxylic acids is 1. The van der Waals surface area contributed by atoms with Crippen molar-refractivity contribution >= 4 is 21.8 Å². The second kappa shape index (κ2) is 7.74. The van der Waals surface area contributed by atoms with Gasteiger partial charge in [0.1, 0.15) is 5.82 Å². The van der Waals surface area contributed by atoms with E-state index in [0.29, 0.717) is 19.5 Å². The molecule has 1 aliphatic rings. The van der Waals surface area contributed by atoms with Crippen LogP contribution >= 0.6 is 15.9 Å². The normalized spacial score (nSPS) is 15.4. The van der Waals surface area contributed by atoms with Crippen LogP contribution in [-0.2, 0) is 11.3 Å². The Bertz CT molecular complexity index is 441. The van der Waals surface area contributed by atoms with Gasteiger partial charge in [-0.2, -0.15) is 0 Å². The van der Waals surface area contributed by atoms with Gasteiger partial charge in [-0.3, -0.25) is 4.79 Å². The Balaban J connectivity index is 1.69. The molecule has 0 saturated carbocycles. The van der Waals surface area contributed by atoms with Crippen LogP contribution in [0.15, 0.2) is 22.7 Å². The van der Waals surface area contributed by atoms with Crippen LogP contribution in [0, 0.1) is 5.82 Å². The zero-order chi connectivity index (χ0) is 14.4. The summed E-state index contributed by atoms with van der Waals surface area (Å²) < 4.78 is 13.9. The average molecular weight is 343 g/mol. The molecule has 110 valence electrons. The first kappa shape index (κ1) is 15.4. The van der Waals surface area contributed by atoms with E-state index < -0.39 is 0 Å². The molecule has 0 spiro atoms. The fourth-order valence-corrected chi connectivity index (χ4v) is 2.96.